The molecule has 1 atom stereocenters. The molecule has 3 nitrogen and oxygen atoms in total. The van der Waals surface area contributed by atoms with Gasteiger partial charge in [0.05, 0.1) is 6.10 Å². The van der Waals surface area contributed by atoms with Crippen LogP contribution in [0.5, 0.6) is 0 Å². The van der Waals surface area contributed by atoms with Crippen molar-refractivity contribution in [2.45, 2.75) is 46.3 Å². The first-order chi connectivity index (χ1) is 7.88. The lowest BCUT2D eigenvalue weighted by atomic mass is 10.0. The molecule has 1 rings (SSSR count). The molecule has 1 N–H and O–H groups in total. The van der Waals surface area contributed by atoms with Gasteiger partial charge in [-0.3, -0.25) is 0 Å². The van der Waals surface area contributed by atoms with E-state index in [-0.39, 0.29) is 6.10 Å². The standard InChI is InChI=1S/C14H20O3/c1-9(2)17-13(14(15)16)8-12-6-10(3)5-11(4)7-12/h5-7,9,13H,8H2,1-4H3,(H,15,16)/t13-/m0/s1. The first-order valence-electron chi connectivity index (χ1n) is 5.84. The van der Waals surface area contributed by atoms with E-state index >= 15 is 0 Å². The van der Waals surface area contributed by atoms with Gasteiger partial charge in [0, 0.05) is 6.42 Å². The summed E-state index contributed by atoms with van der Waals surface area (Å²) in [6.45, 7) is 7.71. The largest absolute Gasteiger partial charge is 0.479 e. The van der Waals surface area contributed by atoms with E-state index in [1.54, 1.807) is 0 Å². The number of hydrogen-bond acceptors (Lipinski definition) is 2. The highest BCUT2D eigenvalue weighted by atomic mass is 16.5. The Morgan fingerprint density at radius 2 is 1.76 bits per heavy atom. The van der Waals surface area contributed by atoms with Gasteiger partial charge >= 0.3 is 5.97 Å². The summed E-state index contributed by atoms with van der Waals surface area (Å²) >= 11 is 0. The summed E-state index contributed by atoms with van der Waals surface area (Å²) in [5.74, 6) is -0.905. The molecule has 0 radical (unpaired) electrons. The van der Waals surface area contributed by atoms with Gasteiger partial charge in [-0.2, -0.15) is 0 Å². The van der Waals surface area contributed by atoms with Crippen LogP contribution in [0.4, 0.5) is 0 Å². The molecule has 0 fully saturated rings. The normalized spacial score (nSPS) is 12.8. The molecule has 1 aromatic rings. The maximum absolute atomic E-state index is 11.1. The number of rotatable bonds is 5. The summed E-state index contributed by atoms with van der Waals surface area (Å²) in [5, 5.41) is 9.10. The van der Waals surface area contributed by atoms with E-state index in [2.05, 4.69) is 6.07 Å². The van der Waals surface area contributed by atoms with Crippen molar-refractivity contribution >= 4 is 5.97 Å². The van der Waals surface area contributed by atoms with Gasteiger partial charge in [-0.05, 0) is 33.3 Å². The van der Waals surface area contributed by atoms with E-state index in [1.165, 1.54) is 0 Å². The van der Waals surface area contributed by atoms with Crippen LogP contribution in [-0.4, -0.2) is 23.3 Å². The molecule has 0 heterocycles. The van der Waals surface area contributed by atoms with Crippen molar-refractivity contribution < 1.29 is 14.6 Å². The van der Waals surface area contributed by atoms with E-state index in [9.17, 15) is 4.79 Å². The predicted octanol–water partition coefficient (Wildman–Crippen LogP) is 2.72. The Morgan fingerprint density at radius 3 is 2.18 bits per heavy atom. The van der Waals surface area contributed by atoms with Crippen molar-refractivity contribution in [3.05, 3.63) is 34.9 Å². The molecule has 17 heavy (non-hydrogen) atoms. The Kier molecular flexibility index (Phi) is 4.70. The lowest BCUT2D eigenvalue weighted by Gasteiger charge is -2.17. The SMILES string of the molecule is Cc1cc(C)cc(C[C@H](OC(C)C)C(=O)O)c1. The topological polar surface area (TPSA) is 46.5 Å². The lowest BCUT2D eigenvalue weighted by Crippen LogP contribution is -2.29. The number of ether oxygens (including phenoxy) is 1. The maximum atomic E-state index is 11.1. The van der Waals surface area contributed by atoms with Crippen LogP contribution in [0.15, 0.2) is 18.2 Å². The molecule has 0 aromatic heterocycles. The van der Waals surface area contributed by atoms with Crippen LogP contribution in [0.2, 0.25) is 0 Å². The maximum Gasteiger partial charge on any atom is 0.333 e. The average molecular weight is 236 g/mol. The van der Waals surface area contributed by atoms with Gasteiger partial charge in [0.2, 0.25) is 0 Å². The molecular weight excluding hydrogens is 216 g/mol. The number of hydrogen-bond donors (Lipinski definition) is 1. The minimum atomic E-state index is -0.905. The van der Waals surface area contributed by atoms with Gasteiger partial charge in [-0.25, -0.2) is 4.79 Å². The zero-order chi connectivity index (χ0) is 13.0. The highest BCUT2D eigenvalue weighted by Gasteiger charge is 2.20. The van der Waals surface area contributed by atoms with Gasteiger partial charge in [-0.1, -0.05) is 29.3 Å². The molecule has 0 aliphatic rings. The van der Waals surface area contributed by atoms with Crippen molar-refractivity contribution in [2.24, 2.45) is 0 Å². The average Bonchev–Trinajstić information content (AvgIpc) is 2.13. The van der Waals surface area contributed by atoms with E-state index in [0.717, 1.165) is 16.7 Å². The number of carboxylic acid groups (broad SMARTS) is 1. The minimum absolute atomic E-state index is 0.0815. The van der Waals surface area contributed by atoms with Crippen LogP contribution in [0.1, 0.15) is 30.5 Å². The van der Waals surface area contributed by atoms with Crippen LogP contribution < -0.4 is 0 Å². The molecule has 0 aliphatic heterocycles. The molecule has 0 aliphatic carbocycles. The molecule has 1 aromatic carbocycles. The monoisotopic (exact) mass is 236 g/mol. The van der Waals surface area contributed by atoms with Crippen LogP contribution in [0.25, 0.3) is 0 Å². The number of aryl methyl sites for hydroxylation is 2. The Morgan fingerprint density at radius 1 is 1.24 bits per heavy atom. The lowest BCUT2D eigenvalue weighted by molar-refractivity contribution is -0.153. The molecule has 0 saturated heterocycles. The van der Waals surface area contributed by atoms with E-state index in [0.29, 0.717) is 6.42 Å². The zero-order valence-electron chi connectivity index (χ0n) is 10.9. The summed E-state index contributed by atoms with van der Waals surface area (Å²) in [7, 11) is 0. The summed E-state index contributed by atoms with van der Waals surface area (Å²) in [4.78, 5) is 11.1. The minimum Gasteiger partial charge on any atom is -0.479 e. The second-order valence-electron chi connectivity index (χ2n) is 4.71. The highest BCUT2D eigenvalue weighted by Crippen LogP contribution is 2.13. The molecule has 0 spiro atoms. The fraction of sp³-hybridized carbons (Fsp3) is 0.500. The highest BCUT2D eigenvalue weighted by molar-refractivity contribution is 5.72. The van der Waals surface area contributed by atoms with Crippen molar-refractivity contribution in [2.75, 3.05) is 0 Å². The molecule has 3 heteroatoms. The summed E-state index contributed by atoms with van der Waals surface area (Å²) in [6, 6.07) is 6.09. The number of carbonyl (C=O) groups is 1. The first kappa shape index (κ1) is 13.7. The van der Waals surface area contributed by atoms with Crippen molar-refractivity contribution in [1.29, 1.82) is 0 Å². The van der Waals surface area contributed by atoms with Crippen LogP contribution in [0.3, 0.4) is 0 Å². The summed E-state index contributed by atoms with van der Waals surface area (Å²) in [5.41, 5.74) is 3.30. The quantitative estimate of drug-likeness (QED) is 0.855. The molecule has 0 saturated carbocycles. The van der Waals surface area contributed by atoms with E-state index < -0.39 is 12.1 Å². The second-order valence-corrected chi connectivity index (χ2v) is 4.71. The Bertz CT molecular complexity index is 376. The number of aliphatic carboxylic acids is 1. The fourth-order valence-electron chi connectivity index (χ4n) is 1.92. The van der Waals surface area contributed by atoms with Gasteiger partial charge in [0.25, 0.3) is 0 Å². The van der Waals surface area contributed by atoms with E-state index in [1.807, 2.05) is 39.8 Å². The third-order valence-corrected chi connectivity index (χ3v) is 2.41. The third kappa shape index (κ3) is 4.57. The Balaban J connectivity index is 2.82. The number of carboxylic acids is 1. The Hall–Kier alpha value is -1.35. The molecule has 0 amide bonds. The summed E-state index contributed by atoms with van der Waals surface area (Å²) in [6.07, 6.45) is -0.436. The molecule has 94 valence electrons. The van der Waals surface area contributed by atoms with Crippen molar-refractivity contribution in [1.82, 2.24) is 0 Å². The zero-order valence-corrected chi connectivity index (χ0v) is 10.9. The fourth-order valence-corrected chi connectivity index (χ4v) is 1.92. The van der Waals surface area contributed by atoms with Gasteiger partial charge in [0.15, 0.2) is 6.10 Å². The van der Waals surface area contributed by atoms with Gasteiger partial charge < -0.3 is 9.84 Å². The molecule has 0 unspecified atom stereocenters. The number of benzene rings is 1. The van der Waals surface area contributed by atoms with E-state index in [4.69, 9.17) is 9.84 Å². The molecule has 0 bridgehead atoms. The second kappa shape index (κ2) is 5.82. The molecular formula is C14H20O3. The van der Waals surface area contributed by atoms with Gasteiger partial charge in [-0.15, -0.1) is 0 Å². The van der Waals surface area contributed by atoms with Gasteiger partial charge in [0.1, 0.15) is 0 Å². The predicted molar refractivity (Wildman–Crippen MR) is 67.3 cm³/mol. The first-order valence-corrected chi connectivity index (χ1v) is 5.84. The Labute approximate surface area is 102 Å². The third-order valence-electron chi connectivity index (χ3n) is 2.41. The smallest absolute Gasteiger partial charge is 0.333 e. The van der Waals surface area contributed by atoms with Crippen LogP contribution in [0, 0.1) is 13.8 Å². The summed E-state index contributed by atoms with van der Waals surface area (Å²) < 4.78 is 5.40. The van der Waals surface area contributed by atoms with Crippen molar-refractivity contribution in [3.8, 4) is 0 Å². The van der Waals surface area contributed by atoms with Crippen molar-refractivity contribution in [3.63, 3.8) is 0 Å². The van der Waals surface area contributed by atoms with Crippen LogP contribution in [-0.2, 0) is 16.0 Å². The van der Waals surface area contributed by atoms with Crippen LogP contribution >= 0.6 is 0 Å².